The van der Waals surface area contributed by atoms with Crippen molar-refractivity contribution < 1.29 is 14.3 Å². The number of thiazole rings is 1. The molecule has 1 saturated carbocycles. The monoisotopic (exact) mass is 448 g/mol. The van der Waals surface area contributed by atoms with Gasteiger partial charge in [-0.25, -0.2) is 14.5 Å². The highest BCUT2D eigenvalue weighted by Gasteiger charge is 2.30. The number of hydrogen-bond acceptors (Lipinski definition) is 7. The van der Waals surface area contributed by atoms with Crippen LogP contribution < -0.4 is 15.4 Å². The summed E-state index contributed by atoms with van der Waals surface area (Å²) in [6.07, 6.45) is 3.51. The molecule has 162 valence electrons. The van der Waals surface area contributed by atoms with E-state index in [1.165, 1.54) is 11.3 Å². The minimum Gasteiger partial charge on any atom is -0.438 e. The van der Waals surface area contributed by atoms with Crippen molar-refractivity contribution in [2.24, 2.45) is 5.92 Å². The highest BCUT2D eigenvalue weighted by Crippen LogP contribution is 2.30. The number of nitrogens with one attached hydrogen (secondary N) is 2. The number of aromatic nitrogens is 4. The van der Waals surface area contributed by atoms with Crippen LogP contribution in [0.4, 0.5) is 11.5 Å². The molecule has 0 radical (unpaired) electrons. The quantitative estimate of drug-likeness (QED) is 0.457. The molecule has 1 fully saturated rings. The first-order valence-corrected chi connectivity index (χ1v) is 11.0. The second kappa shape index (κ2) is 8.04. The summed E-state index contributed by atoms with van der Waals surface area (Å²) in [7, 11) is 0. The van der Waals surface area contributed by atoms with Crippen LogP contribution in [0.25, 0.3) is 5.65 Å². The van der Waals surface area contributed by atoms with E-state index in [0.717, 1.165) is 23.3 Å². The number of carbonyl (C=O) groups is 2. The average Bonchev–Trinajstić information content (AvgIpc) is 3.41. The predicted octanol–water partition coefficient (Wildman–Crippen LogP) is 4.20. The van der Waals surface area contributed by atoms with Gasteiger partial charge in [-0.15, -0.1) is 16.4 Å². The van der Waals surface area contributed by atoms with E-state index in [4.69, 9.17) is 4.74 Å². The van der Waals surface area contributed by atoms with Crippen molar-refractivity contribution in [3.63, 3.8) is 0 Å². The molecular formula is C22H20N6O3S. The Balaban J connectivity index is 1.33. The summed E-state index contributed by atoms with van der Waals surface area (Å²) >= 11 is 1.43. The number of anilines is 2. The molecule has 10 heteroatoms. The topological polar surface area (TPSA) is 111 Å². The number of aryl methyl sites for hydroxylation is 2. The summed E-state index contributed by atoms with van der Waals surface area (Å²) < 4.78 is 7.46. The molecule has 0 spiro atoms. The normalized spacial score (nSPS) is 13.2. The highest BCUT2D eigenvalue weighted by atomic mass is 32.1. The molecule has 5 rings (SSSR count). The Morgan fingerprint density at radius 1 is 1.16 bits per heavy atom. The second-order valence-electron chi connectivity index (χ2n) is 7.65. The smallest absolute Gasteiger partial charge is 0.275 e. The van der Waals surface area contributed by atoms with Crippen molar-refractivity contribution in [1.29, 1.82) is 0 Å². The predicted molar refractivity (Wildman–Crippen MR) is 120 cm³/mol. The highest BCUT2D eigenvalue weighted by molar-refractivity contribution is 7.09. The van der Waals surface area contributed by atoms with E-state index in [2.05, 4.69) is 25.7 Å². The molecule has 1 aromatic carbocycles. The zero-order valence-corrected chi connectivity index (χ0v) is 18.3. The first-order valence-electron chi connectivity index (χ1n) is 10.1. The Morgan fingerprint density at radius 2 is 2.00 bits per heavy atom. The molecule has 9 nitrogen and oxygen atoms in total. The molecule has 0 unspecified atom stereocenters. The van der Waals surface area contributed by atoms with Crippen LogP contribution in [0.1, 0.15) is 33.8 Å². The Bertz CT molecular complexity index is 1340. The third kappa shape index (κ3) is 4.17. The first-order chi connectivity index (χ1) is 15.5. The first kappa shape index (κ1) is 20.1. The standard InChI is InChI=1S/C22H20N6O3S/c1-12-3-6-15(9-16(12)24-22(30)20-13(2)32-11-23-20)31-19-8-7-18-25-17(10-28(18)27-19)26-21(29)14-4-5-14/h3,6-11,14H,4-5H2,1-2H3,(H,24,30)(H,26,29). The number of carbonyl (C=O) groups excluding carboxylic acids is 2. The fraction of sp³-hybridized carbons (Fsp3) is 0.227. The molecule has 2 N–H and O–H groups in total. The fourth-order valence-corrected chi connectivity index (χ4v) is 3.75. The summed E-state index contributed by atoms with van der Waals surface area (Å²) in [4.78, 5) is 33.8. The maximum Gasteiger partial charge on any atom is 0.275 e. The minimum atomic E-state index is -0.261. The van der Waals surface area contributed by atoms with Gasteiger partial charge in [0.15, 0.2) is 11.5 Å². The number of rotatable bonds is 6. The maximum absolute atomic E-state index is 12.5. The molecular weight excluding hydrogens is 428 g/mol. The van der Waals surface area contributed by atoms with Gasteiger partial charge in [0.1, 0.15) is 11.4 Å². The lowest BCUT2D eigenvalue weighted by Gasteiger charge is -2.11. The van der Waals surface area contributed by atoms with E-state index in [9.17, 15) is 9.59 Å². The summed E-state index contributed by atoms with van der Waals surface area (Å²) in [5.41, 5.74) is 4.19. The molecule has 3 heterocycles. The third-order valence-electron chi connectivity index (χ3n) is 5.13. The Labute approximate surface area is 187 Å². The Morgan fingerprint density at radius 3 is 2.75 bits per heavy atom. The van der Waals surface area contributed by atoms with Crippen LogP contribution in [0.2, 0.25) is 0 Å². The number of imidazole rings is 1. The summed E-state index contributed by atoms with van der Waals surface area (Å²) in [6, 6.07) is 8.87. The van der Waals surface area contributed by atoms with E-state index in [1.54, 1.807) is 40.5 Å². The van der Waals surface area contributed by atoms with Gasteiger partial charge in [0.2, 0.25) is 11.8 Å². The van der Waals surface area contributed by atoms with Gasteiger partial charge < -0.3 is 15.4 Å². The van der Waals surface area contributed by atoms with Crippen LogP contribution in [0.3, 0.4) is 0 Å². The van der Waals surface area contributed by atoms with Gasteiger partial charge in [0.05, 0.1) is 11.7 Å². The lowest BCUT2D eigenvalue weighted by atomic mass is 10.2. The second-order valence-corrected chi connectivity index (χ2v) is 8.71. The van der Waals surface area contributed by atoms with Crippen molar-refractivity contribution in [1.82, 2.24) is 19.6 Å². The van der Waals surface area contributed by atoms with Crippen LogP contribution in [0.15, 0.2) is 42.0 Å². The summed E-state index contributed by atoms with van der Waals surface area (Å²) in [5, 5.41) is 10.1. The lowest BCUT2D eigenvalue weighted by molar-refractivity contribution is -0.117. The number of nitrogens with zero attached hydrogens (tertiary/aromatic N) is 4. The molecule has 0 saturated heterocycles. The molecule has 3 aromatic heterocycles. The van der Waals surface area contributed by atoms with Gasteiger partial charge in [0, 0.05) is 28.6 Å². The van der Waals surface area contributed by atoms with E-state index >= 15 is 0 Å². The number of ether oxygens (including phenoxy) is 1. The lowest BCUT2D eigenvalue weighted by Crippen LogP contribution is -2.14. The van der Waals surface area contributed by atoms with Gasteiger partial charge >= 0.3 is 0 Å². The Kier molecular flexibility index (Phi) is 5.06. The van der Waals surface area contributed by atoms with Crippen LogP contribution in [-0.4, -0.2) is 31.4 Å². The molecule has 0 aliphatic heterocycles. The van der Waals surface area contributed by atoms with Gasteiger partial charge in [-0.1, -0.05) is 6.07 Å². The van der Waals surface area contributed by atoms with Crippen molar-refractivity contribution in [2.75, 3.05) is 10.6 Å². The third-order valence-corrected chi connectivity index (χ3v) is 5.89. The summed E-state index contributed by atoms with van der Waals surface area (Å²) in [6.45, 7) is 3.76. The van der Waals surface area contributed by atoms with Gasteiger partial charge in [-0.2, -0.15) is 0 Å². The van der Waals surface area contributed by atoms with E-state index in [1.807, 2.05) is 19.9 Å². The Hall–Kier alpha value is -3.79. The van der Waals surface area contributed by atoms with E-state index in [-0.39, 0.29) is 17.7 Å². The number of benzene rings is 1. The molecule has 1 aliphatic carbocycles. The molecule has 4 aromatic rings. The largest absolute Gasteiger partial charge is 0.438 e. The number of amides is 2. The zero-order chi connectivity index (χ0) is 22.2. The van der Waals surface area contributed by atoms with Crippen LogP contribution >= 0.6 is 11.3 Å². The number of fused-ring (bicyclic) bond motifs is 1. The zero-order valence-electron chi connectivity index (χ0n) is 17.5. The minimum absolute atomic E-state index is 0.00745. The van der Waals surface area contributed by atoms with Crippen molar-refractivity contribution in [3.05, 3.63) is 58.2 Å². The van der Waals surface area contributed by atoms with E-state index < -0.39 is 0 Å². The van der Waals surface area contributed by atoms with Gasteiger partial charge in [0.25, 0.3) is 5.91 Å². The van der Waals surface area contributed by atoms with Crippen molar-refractivity contribution >= 4 is 40.3 Å². The van der Waals surface area contributed by atoms with Crippen LogP contribution in [-0.2, 0) is 4.79 Å². The van der Waals surface area contributed by atoms with Crippen LogP contribution in [0, 0.1) is 19.8 Å². The fourth-order valence-electron chi connectivity index (χ4n) is 3.18. The van der Waals surface area contributed by atoms with Gasteiger partial charge in [-0.3, -0.25) is 9.59 Å². The molecule has 32 heavy (non-hydrogen) atoms. The molecule has 2 amide bonds. The average molecular weight is 449 g/mol. The molecule has 0 atom stereocenters. The van der Waals surface area contributed by atoms with E-state index in [0.29, 0.717) is 34.5 Å². The van der Waals surface area contributed by atoms with Crippen molar-refractivity contribution in [3.8, 4) is 11.6 Å². The molecule has 0 bridgehead atoms. The summed E-state index contributed by atoms with van der Waals surface area (Å²) in [5.74, 6) is 1.17. The van der Waals surface area contributed by atoms with Crippen molar-refractivity contribution in [2.45, 2.75) is 26.7 Å². The van der Waals surface area contributed by atoms with Gasteiger partial charge in [-0.05, 0) is 44.4 Å². The maximum atomic E-state index is 12.5. The number of hydrogen-bond donors (Lipinski definition) is 2. The molecule has 1 aliphatic rings. The SMILES string of the molecule is Cc1ccc(Oc2ccc3nc(NC(=O)C4CC4)cn3n2)cc1NC(=O)c1ncsc1C. The van der Waals surface area contributed by atoms with Crippen LogP contribution in [0.5, 0.6) is 11.6 Å².